The number of piperidine rings is 1. The summed E-state index contributed by atoms with van der Waals surface area (Å²) in [4.78, 5) is 24.0. The first-order valence-corrected chi connectivity index (χ1v) is 6.18. The molecule has 2 amide bonds. The van der Waals surface area contributed by atoms with Crippen molar-refractivity contribution in [3.63, 3.8) is 0 Å². The Morgan fingerprint density at radius 2 is 2.00 bits per heavy atom. The maximum Gasteiger partial charge on any atom is 0.243 e. The van der Waals surface area contributed by atoms with Crippen LogP contribution in [0.3, 0.4) is 0 Å². The summed E-state index contributed by atoms with van der Waals surface area (Å²) in [6, 6.07) is 0.270. The van der Waals surface area contributed by atoms with Gasteiger partial charge in [-0.3, -0.25) is 14.5 Å². The molecule has 0 spiro atoms. The molecule has 0 unspecified atom stereocenters. The molecule has 0 aromatic heterocycles. The minimum Gasteiger partial charge on any atom is -0.370 e. The molecule has 0 atom stereocenters. The normalized spacial score (nSPS) is 17.6. The minimum absolute atomic E-state index is 0.0341. The van der Waals surface area contributed by atoms with Crippen LogP contribution in [0.5, 0.6) is 0 Å². The maximum atomic E-state index is 11.6. The predicted molar refractivity (Wildman–Crippen MR) is 66.7 cm³/mol. The molecule has 1 rings (SSSR count). The van der Waals surface area contributed by atoms with Gasteiger partial charge in [0.1, 0.15) is 6.61 Å². The lowest BCUT2D eigenvalue weighted by Crippen LogP contribution is -2.45. The van der Waals surface area contributed by atoms with Gasteiger partial charge in [0.2, 0.25) is 11.8 Å². The highest BCUT2D eigenvalue weighted by Gasteiger charge is 2.17. The van der Waals surface area contributed by atoms with Crippen molar-refractivity contribution in [3.8, 4) is 0 Å². The number of rotatable bonds is 7. The summed E-state index contributed by atoms with van der Waals surface area (Å²) >= 11 is 0. The topological polar surface area (TPSA) is 111 Å². The third-order valence-corrected chi connectivity index (χ3v) is 2.81. The molecular weight excluding hydrogens is 236 g/mol. The van der Waals surface area contributed by atoms with E-state index in [0.29, 0.717) is 19.7 Å². The van der Waals surface area contributed by atoms with Crippen LogP contribution < -0.4 is 16.8 Å². The van der Waals surface area contributed by atoms with Gasteiger partial charge in [-0.2, -0.15) is 0 Å². The molecule has 7 heteroatoms. The molecule has 0 aromatic carbocycles. The van der Waals surface area contributed by atoms with Gasteiger partial charge in [-0.1, -0.05) is 0 Å². The van der Waals surface area contributed by atoms with E-state index in [9.17, 15) is 9.59 Å². The van der Waals surface area contributed by atoms with Gasteiger partial charge in [0, 0.05) is 25.7 Å². The fourth-order valence-electron chi connectivity index (χ4n) is 1.81. The Balaban J connectivity index is 2.01. The van der Waals surface area contributed by atoms with Crippen molar-refractivity contribution in [2.45, 2.75) is 18.9 Å². The zero-order valence-corrected chi connectivity index (χ0v) is 10.6. The molecule has 104 valence electrons. The second-order valence-corrected chi connectivity index (χ2v) is 4.48. The number of nitrogens with one attached hydrogen (secondary N) is 1. The first-order chi connectivity index (χ1) is 8.58. The molecule has 0 bridgehead atoms. The standard InChI is InChI=1S/C11H22N4O3/c12-9-1-4-15(5-2-9)7-11(17)14-3-6-18-8-10(13)16/h9H,1-8,12H2,(H2,13,16)(H,14,17). The Labute approximate surface area is 107 Å². The highest BCUT2D eigenvalue weighted by Crippen LogP contribution is 2.06. The smallest absolute Gasteiger partial charge is 0.243 e. The lowest BCUT2D eigenvalue weighted by Gasteiger charge is -2.29. The van der Waals surface area contributed by atoms with Crippen molar-refractivity contribution in [3.05, 3.63) is 0 Å². The van der Waals surface area contributed by atoms with E-state index in [2.05, 4.69) is 10.2 Å². The predicted octanol–water partition coefficient (Wildman–Crippen LogP) is -1.97. The van der Waals surface area contributed by atoms with E-state index in [4.69, 9.17) is 16.2 Å². The second-order valence-electron chi connectivity index (χ2n) is 4.48. The largest absolute Gasteiger partial charge is 0.370 e. The molecule has 1 heterocycles. The molecular formula is C11H22N4O3. The van der Waals surface area contributed by atoms with E-state index in [1.807, 2.05) is 0 Å². The Hall–Kier alpha value is -1.18. The second kappa shape index (κ2) is 8.02. The number of carbonyl (C=O) groups excluding carboxylic acids is 2. The average molecular weight is 258 g/mol. The molecule has 0 saturated carbocycles. The minimum atomic E-state index is -0.508. The van der Waals surface area contributed by atoms with Crippen LogP contribution in [0, 0.1) is 0 Å². The Morgan fingerprint density at radius 3 is 2.61 bits per heavy atom. The summed E-state index contributed by atoms with van der Waals surface area (Å²) in [5, 5.41) is 2.73. The van der Waals surface area contributed by atoms with Crippen LogP contribution >= 0.6 is 0 Å². The van der Waals surface area contributed by atoms with E-state index < -0.39 is 5.91 Å². The molecule has 1 aliphatic rings. The van der Waals surface area contributed by atoms with Crippen molar-refractivity contribution >= 4 is 11.8 Å². The number of hydrogen-bond acceptors (Lipinski definition) is 5. The Bertz CT molecular complexity index is 277. The summed E-state index contributed by atoms with van der Waals surface area (Å²) in [5.41, 5.74) is 10.7. The van der Waals surface area contributed by atoms with Gasteiger partial charge < -0.3 is 21.5 Å². The highest BCUT2D eigenvalue weighted by molar-refractivity contribution is 5.78. The van der Waals surface area contributed by atoms with Crippen LogP contribution in [0.15, 0.2) is 0 Å². The van der Waals surface area contributed by atoms with E-state index in [-0.39, 0.29) is 18.6 Å². The fourth-order valence-corrected chi connectivity index (χ4v) is 1.81. The molecule has 7 nitrogen and oxygen atoms in total. The highest BCUT2D eigenvalue weighted by atomic mass is 16.5. The van der Waals surface area contributed by atoms with Crippen LogP contribution in [0.1, 0.15) is 12.8 Å². The first kappa shape index (κ1) is 14.9. The summed E-state index contributed by atoms with van der Waals surface area (Å²) in [6.07, 6.45) is 1.88. The van der Waals surface area contributed by atoms with Crippen molar-refractivity contribution < 1.29 is 14.3 Å². The van der Waals surface area contributed by atoms with Crippen molar-refractivity contribution in [1.82, 2.24) is 10.2 Å². The van der Waals surface area contributed by atoms with Crippen molar-refractivity contribution in [2.24, 2.45) is 11.5 Å². The van der Waals surface area contributed by atoms with Crippen LogP contribution in [0.25, 0.3) is 0 Å². The van der Waals surface area contributed by atoms with Gasteiger partial charge in [-0.05, 0) is 12.8 Å². The third kappa shape index (κ3) is 6.53. The first-order valence-electron chi connectivity index (χ1n) is 6.18. The van der Waals surface area contributed by atoms with Gasteiger partial charge in [-0.15, -0.1) is 0 Å². The summed E-state index contributed by atoms with van der Waals surface area (Å²) in [6.45, 7) is 2.70. The van der Waals surface area contributed by atoms with E-state index in [0.717, 1.165) is 25.9 Å². The van der Waals surface area contributed by atoms with Crippen LogP contribution in [0.2, 0.25) is 0 Å². The molecule has 1 saturated heterocycles. The van der Waals surface area contributed by atoms with E-state index >= 15 is 0 Å². The summed E-state index contributed by atoms with van der Waals surface area (Å²) in [7, 11) is 0. The zero-order chi connectivity index (χ0) is 13.4. The number of nitrogens with two attached hydrogens (primary N) is 2. The van der Waals surface area contributed by atoms with Gasteiger partial charge in [-0.25, -0.2) is 0 Å². The van der Waals surface area contributed by atoms with Crippen LogP contribution in [-0.4, -0.2) is 62.1 Å². The lowest BCUT2D eigenvalue weighted by atomic mass is 10.1. The van der Waals surface area contributed by atoms with E-state index in [1.54, 1.807) is 0 Å². The number of likely N-dealkylation sites (tertiary alicyclic amines) is 1. The number of hydrogen-bond donors (Lipinski definition) is 3. The number of nitrogens with zero attached hydrogens (tertiary/aromatic N) is 1. The van der Waals surface area contributed by atoms with Crippen LogP contribution in [0.4, 0.5) is 0 Å². The van der Waals surface area contributed by atoms with Gasteiger partial charge in [0.15, 0.2) is 0 Å². The summed E-state index contributed by atoms with van der Waals surface area (Å²) in [5.74, 6) is -0.542. The molecule has 1 fully saturated rings. The zero-order valence-electron chi connectivity index (χ0n) is 10.6. The number of ether oxygens (including phenoxy) is 1. The van der Waals surface area contributed by atoms with Gasteiger partial charge in [0.05, 0.1) is 13.2 Å². The van der Waals surface area contributed by atoms with Crippen molar-refractivity contribution in [1.29, 1.82) is 0 Å². The molecule has 5 N–H and O–H groups in total. The fraction of sp³-hybridized carbons (Fsp3) is 0.818. The Kier molecular flexibility index (Phi) is 6.63. The number of primary amides is 1. The van der Waals surface area contributed by atoms with E-state index in [1.165, 1.54) is 0 Å². The monoisotopic (exact) mass is 258 g/mol. The molecule has 0 aromatic rings. The lowest BCUT2D eigenvalue weighted by molar-refractivity contribution is -0.123. The number of amides is 2. The average Bonchev–Trinajstić information content (AvgIpc) is 2.31. The maximum absolute atomic E-state index is 11.6. The number of carbonyl (C=O) groups is 2. The SMILES string of the molecule is NC(=O)COCCNC(=O)CN1CCC(N)CC1. The molecule has 18 heavy (non-hydrogen) atoms. The quantitative estimate of drug-likeness (QED) is 0.459. The van der Waals surface area contributed by atoms with Gasteiger partial charge in [0.25, 0.3) is 0 Å². The molecule has 0 radical (unpaired) electrons. The van der Waals surface area contributed by atoms with Gasteiger partial charge >= 0.3 is 0 Å². The third-order valence-electron chi connectivity index (χ3n) is 2.81. The molecule has 0 aliphatic carbocycles. The Morgan fingerprint density at radius 1 is 1.33 bits per heavy atom. The van der Waals surface area contributed by atoms with Crippen molar-refractivity contribution in [2.75, 3.05) is 39.4 Å². The van der Waals surface area contributed by atoms with Crippen LogP contribution in [-0.2, 0) is 14.3 Å². The molecule has 1 aliphatic heterocycles. The summed E-state index contributed by atoms with van der Waals surface area (Å²) < 4.78 is 4.93.